The number of hydrogen-bond donors (Lipinski definition) is 1. The molecule has 0 spiro atoms. The Morgan fingerprint density at radius 1 is 0.875 bits per heavy atom. The Balaban J connectivity index is 0.000000251. The number of fused-ring (bicyclic) bond motifs is 6. The fraction of sp³-hybridized carbons (Fsp3) is 0.415. The van der Waals surface area contributed by atoms with Crippen LogP contribution < -0.4 is 0 Å². The molecule has 0 bridgehead atoms. The monoisotopic (exact) mass is 843 g/mol. The van der Waals surface area contributed by atoms with Crippen LogP contribution in [0.25, 0.3) is 54.3 Å². The van der Waals surface area contributed by atoms with Crippen LogP contribution in [0.3, 0.4) is 0 Å². The predicted octanol–water partition coefficient (Wildman–Crippen LogP) is 12.7. The molecule has 0 unspecified atom stereocenters. The number of aryl methyl sites for hydroxylation is 1. The summed E-state index contributed by atoms with van der Waals surface area (Å²) in [6.07, 6.45) is 6.57. The summed E-state index contributed by atoms with van der Waals surface area (Å²) in [6.45, 7) is 20.8. The van der Waals surface area contributed by atoms with Gasteiger partial charge in [-0.05, 0) is 72.4 Å². The smallest absolute Gasteiger partial charge is 0.164 e. The van der Waals surface area contributed by atoms with Crippen LogP contribution in [0.4, 0.5) is 0 Å². The molecule has 0 aliphatic carbocycles. The van der Waals surface area contributed by atoms with E-state index in [1.54, 1.807) is 11.3 Å². The van der Waals surface area contributed by atoms with E-state index in [0.717, 1.165) is 81.0 Å². The molecule has 257 valence electrons. The van der Waals surface area contributed by atoms with Crippen LogP contribution in [0.5, 0.6) is 0 Å². The SMILES string of the molecule is CCC(C)(CC)C(=O)/C=C(\O)C(C)(CC)CC.Cc1cc2c(ccc3oc4ccnc(-c5[c-]c6ccsc6c(C(C)(C)C)c5)c4c32)o1.[Ir]. The second-order valence-electron chi connectivity index (χ2n) is 14.3. The standard InChI is InChI=1S/C26H20NO2S.C15H28O2.Ir/c1-14-11-17-19(28-14)5-6-20-22(17)23-21(29-20)7-9-27-24(23)16-12-15-8-10-30-25(15)18(13-16)26(2,3)4;1-7-14(5,8-2)12(16)11-13(17)15(6,9-3)10-4;/h5-11,13H,1-4H3;11,16H,7-10H2,1-6H3;/q-1;;/b;12-11-;. The molecule has 5 nitrogen and oxygen atoms in total. The van der Waals surface area contributed by atoms with Gasteiger partial charge in [-0.25, -0.2) is 0 Å². The van der Waals surface area contributed by atoms with E-state index < -0.39 is 0 Å². The van der Waals surface area contributed by atoms with Gasteiger partial charge in [-0.3, -0.25) is 9.78 Å². The molecule has 48 heavy (non-hydrogen) atoms. The van der Waals surface area contributed by atoms with Crippen molar-refractivity contribution in [1.29, 1.82) is 0 Å². The summed E-state index contributed by atoms with van der Waals surface area (Å²) in [5.41, 5.74) is 5.18. The first kappa shape index (κ1) is 37.6. The third kappa shape index (κ3) is 6.92. The first-order valence-electron chi connectivity index (χ1n) is 16.8. The van der Waals surface area contributed by atoms with Gasteiger partial charge in [0.2, 0.25) is 0 Å². The molecule has 4 heterocycles. The molecule has 6 aromatic rings. The minimum absolute atomic E-state index is 0. The van der Waals surface area contributed by atoms with E-state index in [0.29, 0.717) is 0 Å². The molecule has 1 N–H and O–H groups in total. The Kier molecular flexibility index (Phi) is 11.2. The number of aliphatic hydroxyl groups excluding tert-OH is 1. The minimum atomic E-state index is -0.337. The maximum absolute atomic E-state index is 12.2. The number of pyridine rings is 1. The van der Waals surface area contributed by atoms with Gasteiger partial charge >= 0.3 is 0 Å². The van der Waals surface area contributed by atoms with Crippen LogP contribution in [0, 0.1) is 23.8 Å². The summed E-state index contributed by atoms with van der Waals surface area (Å²) < 4.78 is 13.4. The molecule has 1 radical (unpaired) electrons. The van der Waals surface area contributed by atoms with Gasteiger partial charge in [-0.15, -0.1) is 23.6 Å². The molecular weight excluding hydrogens is 795 g/mol. The third-order valence-electron chi connectivity index (χ3n) is 10.3. The van der Waals surface area contributed by atoms with Crippen LogP contribution in [-0.4, -0.2) is 15.9 Å². The number of carbonyl (C=O) groups excluding carboxylic acids is 1. The summed E-state index contributed by atoms with van der Waals surface area (Å²) in [7, 11) is 0. The van der Waals surface area contributed by atoms with Gasteiger partial charge in [-0.2, -0.15) is 11.3 Å². The molecule has 0 aliphatic heterocycles. The van der Waals surface area contributed by atoms with Gasteiger partial charge in [0.15, 0.2) is 5.78 Å². The number of nitrogens with zero attached hydrogens (tertiary/aromatic N) is 1. The topological polar surface area (TPSA) is 76.5 Å². The van der Waals surface area contributed by atoms with E-state index >= 15 is 0 Å². The molecule has 4 aromatic heterocycles. The maximum atomic E-state index is 12.2. The molecule has 2 aromatic carbocycles. The van der Waals surface area contributed by atoms with Gasteiger partial charge < -0.3 is 13.9 Å². The van der Waals surface area contributed by atoms with Crippen molar-refractivity contribution in [3.05, 3.63) is 77.2 Å². The van der Waals surface area contributed by atoms with E-state index in [-0.39, 0.29) is 47.9 Å². The van der Waals surface area contributed by atoms with Gasteiger partial charge in [0.25, 0.3) is 0 Å². The Hall–Kier alpha value is -3.25. The average molecular weight is 843 g/mol. The van der Waals surface area contributed by atoms with Gasteiger partial charge in [0.05, 0.1) is 0 Å². The fourth-order valence-corrected chi connectivity index (χ4v) is 7.11. The van der Waals surface area contributed by atoms with E-state index in [2.05, 4.69) is 50.4 Å². The van der Waals surface area contributed by atoms with Crippen molar-refractivity contribution in [2.75, 3.05) is 0 Å². The number of aromatic nitrogens is 1. The van der Waals surface area contributed by atoms with Crippen molar-refractivity contribution < 1.29 is 38.8 Å². The zero-order valence-corrected chi connectivity index (χ0v) is 33.1. The van der Waals surface area contributed by atoms with Crippen molar-refractivity contribution >= 4 is 60.1 Å². The minimum Gasteiger partial charge on any atom is -0.512 e. The number of benzene rings is 2. The largest absolute Gasteiger partial charge is 0.512 e. The number of ketones is 1. The van der Waals surface area contributed by atoms with Crippen molar-refractivity contribution in [3.8, 4) is 11.3 Å². The molecule has 0 saturated carbocycles. The number of allylic oxidation sites excluding steroid dienone is 2. The number of thiophene rings is 1. The van der Waals surface area contributed by atoms with Crippen LogP contribution in [-0.2, 0) is 30.3 Å². The van der Waals surface area contributed by atoms with Gasteiger partial charge in [0.1, 0.15) is 28.3 Å². The molecule has 0 amide bonds. The first-order valence-corrected chi connectivity index (χ1v) is 17.7. The van der Waals surface area contributed by atoms with Gasteiger partial charge in [-0.1, -0.05) is 73.4 Å². The van der Waals surface area contributed by atoms with Crippen LogP contribution in [0.1, 0.15) is 99.3 Å². The van der Waals surface area contributed by atoms with Crippen molar-refractivity contribution in [3.63, 3.8) is 0 Å². The molecule has 0 fully saturated rings. The van der Waals surface area contributed by atoms with Gasteiger partial charge in [0, 0.05) is 65.1 Å². The Labute approximate surface area is 302 Å². The summed E-state index contributed by atoms with van der Waals surface area (Å²) in [5, 5.41) is 16.5. The fourth-order valence-electron chi connectivity index (χ4n) is 6.03. The summed E-state index contributed by atoms with van der Waals surface area (Å²) in [4.78, 5) is 17.0. The van der Waals surface area contributed by atoms with Crippen molar-refractivity contribution in [2.45, 2.75) is 100 Å². The van der Waals surface area contributed by atoms with Crippen molar-refractivity contribution in [2.24, 2.45) is 10.8 Å². The van der Waals surface area contributed by atoms with Crippen LogP contribution in [0.15, 0.2) is 68.6 Å². The maximum Gasteiger partial charge on any atom is 0.164 e. The second kappa shape index (κ2) is 14.3. The zero-order chi connectivity index (χ0) is 34.3. The third-order valence-corrected chi connectivity index (χ3v) is 11.2. The van der Waals surface area contributed by atoms with E-state index in [9.17, 15) is 9.90 Å². The van der Waals surface area contributed by atoms with E-state index in [4.69, 9.17) is 13.8 Å². The Bertz CT molecular complexity index is 2100. The quantitative estimate of drug-likeness (QED) is 0.0938. The second-order valence-corrected chi connectivity index (χ2v) is 15.2. The molecular formula is C41H48IrNO4S-. The number of furan rings is 2. The number of rotatable bonds is 8. The van der Waals surface area contributed by atoms with E-state index in [1.807, 2.05) is 72.9 Å². The molecule has 0 atom stereocenters. The predicted molar refractivity (Wildman–Crippen MR) is 197 cm³/mol. The first-order chi connectivity index (χ1) is 22.2. The summed E-state index contributed by atoms with van der Waals surface area (Å²) in [6, 6.07) is 16.0. The number of aliphatic hydroxyl groups is 1. The number of hydrogen-bond acceptors (Lipinski definition) is 6. The van der Waals surface area contributed by atoms with Crippen LogP contribution >= 0.6 is 11.3 Å². The molecule has 0 aliphatic rings. The van der Waals surface area contributed by atoms with Crippen molar-refractivity contribution in [1.82, 2.24) is 4.98 Å². The zero-order valence-electron chi connectivity index (χ0n) is 29.9. The molecule has 0 saturated heterocycles. The average Bonchev–Trinajstić information content (AvgIpc) is 3.78. The summed E-state index contributed by atoms with van der Waals surface area (Å²) in [5.74, 6) is 1.17. The number of carbonyl (C=O) groups is 1. The molecule has 7 heteroatoms. The van der Waals surface area contributed by atoms with E-state index in [1.165, 1.54) is 16.3 Å². The Morgan fingerprint density at radius 2 is 1.50 bits per heavy atom. The summed E-state index contributed by atoms with van der Waals surface area (Å²) >= 11 is 1.77. The Morgan fingerprint density at radius 3 is 2.12 bits per heavy atom. The normalized spacial score (nSPS) is 12.8. The molecule has 6 rings (SSSR count). The van der Waals surface area contributed by atoms with Crippen LogP contribution in [0.2, 0.25) is 0 Å².